The topological polar surface area (TPSA) is 17.1 Å². The SMILES string of the molecule is O=C(Cc1c(F)cccc1F)c1ccccc1C1CCC1. The van der Waals surface area contributed by atoms with E-state index in [9.17, 15) is 13.6 Å². The molecule has 2 aromatic rings. The van der Waals surface area contributed by atoms with Gasteiger partial charge in [-0.2, -0.15) is 0 Å². The zero-order chi connectivity index (χ0) is 14.8. The third-order valence-electron chi connectivity index (χ3n) is 4.21. The van der Waals surface area contributed by atoms with Gasteiger partial charge in [-0.1, -0.05) is 36.8 Å². The Morgan fingerprint density at radius 3 is 2.29 bits per heavy atom. The van der Waals surface area contributed by atoms with Gasteiger partial charge in [-0.25, -0.2) is 8.78 Å². The van der Waals surface area contributed by atoms with E-state index in [1.807, 2.05) is 12.1 Å². The van der Waals surface area contributed by atoms with Crippen molar-refractivity contribution in [1.82, 2.24) is 0 Å². The summed E-state index contributed by atoms with van der Waals surface area (Å²) in [6.45, 7) is 0. The average Bonchev–Trinajstić information content (AvgIpc) is 2.42. The van der Waals surface area contributed by atoms with Crippen molar-refractivity contribution in [2.24, 2.45) is 0 Å². The second-order valence-corrected chi connectivity index (χ2v) is 5.52. The van der Waals surface area contributed by atoms with Gasteiger partial charge in [0.2, 0.25) is 0 Å². The van der Waals surface area contributed by atoms with Gasteiger partial charge in [0.25, 0.3) is 0 Å². The van der Waals surface area contributed by atoms with Gasteiger partial charge in [-0.15, -0.1) is 0 Å². The van der Waals surface area contributed by atoms with Gasteiger partial charge in [-0.3, -0.25) is 4.79 Å². The number of halogens is 2. The van der Waals surface area contributed by atoms with Gasteiger partial charge in [0, 0.05) is 17.5 Å². The molecule has 0 radical (unpaired) electrons. The maximum Gasteiger partial charge on any atom is 0.167 e. The number of hydrogen-bond donors (Lipinski definition) is 0. The minimum atomic E-state index is -0.663. The van der Waals surface area contributed by atoms with Crippen LogP contribution in [-0.4, -0.2) is 5.78 Å². The van der Waals surface area contributed by atoms with Crippen LogP contribution in [0.5, 0.6) is 0 Å². The number of rotatable bonds is 4. The standard InChI is InChI=1S/C18H16F2O/c19-16-9-4-10-17(20)15(16)11-18(21)14-8-2-1-7-13(14)12-5-3-6-12/h1-2,4,7-10,12H,3,5-6,11H2. The quantitative estimate of drug-likeness (QED) is 0.747. The van der Waals surface area contributed by atoms with Crippen LogP contribution >= 0.6 is 0 Å². The molecule has 3 heteroatoms. The molecule has 1 nitrogen and oxygen atoms in total. The Labute approximate surface area is 122 Å². The molecule has 1 aliphatic rings. The number of ketones is 1. The molecular weight excluding hydrogens is 270 g/mol. The van der Waals surface area contributed by atoms with E-state index in [1.54, 1.807) is 12.1 Å². The lowest BCUT2D eigenvalue weighted by atomic mass is 9.77. The van der Waals surface area contributed by atoms with Gasteiger partial charge >= 0.3 is 0 Å². The Balaban J connectivity index is 1.89. The van der Waals surface area contributed by atoms with Crippen LogP contribution in [0.4, 0.5) is 8.78 Å². The molecule has 0 N–H and O–H groups in total. The van der Waals surface area contributed by atoms with Crippen LogP contribution in [0.1, 0.15) is 46.7 Å². The van der Waals surface area contributed by atoms with E-state index in [4.69, 9.17) is 0 Å². The molecule has 2 aromatic carbocycles. The lowest BCUT2D eigenvalue weighted by Crippen LogP contribution is -2.15. The van der Waals surface area contributed by atoms with Gasteiger partial charge in [0.1, 0.15) is 11.6 Å². The summed E-state index contributed by atoms with van der Waals surface area (Å²) < 4.78 is 27.3. The molecule has 1 aliphatic carbocycles. The Morgan fingerprint density at radius 2 is 1.67 bits per heavy atom. The highest BCUT2D eigenvalue weighted by molar-refractivity contribution is 5.99. The van der Waals surface area contributed by atoms with Gasteiger partial charge in [0.05, 0.1) is 0 Å². The zero-order valence-electron chi connectivity index (χ0n) is 11.6. The zero-order valence-corrected chi connectivity index (χ0v) is 11.6. The molecule has 0 amide bonds. The van der Waals surface area contributed by atoms with Crippen LogP contribution in [-0.2, 0) is 6.42 Å². The monoisotopic (exact) mass is 286 g/mol. The van der Waals surface area contributed by atoms with E-state index in [0.717, 1.165) is 18.4 Å². The van der Waals surface area contributed by atoms with E-state index in [-0.39, 0.29) is 17.8 Å². The summed E-state index contributed by atoms with van der Waals surface area (Å²) in [5, 5.41) is 0. The molecule has 0 bridgehead atoms. The van der Waals surface area contributed by atoms with Crippen molar-refractivity contribution in [1.29, 1.82) is 0 Å². The molecule has 0 unspecified atom stereocenters. The number of Topliss-reactive ketones (excluding diaryl/α,β-unsaturated/α-hetero) is 1. The molecular formula is C18H16F2O. The normalized spacial score (nSPS) is 14.8. The molecule has 0 spiro atoms. The van der Waals surface area contributed by atoms with Crippen LogP contribution in [0.3, 0.4) is 0 Å². The van der Waals surface area contributed by atoms with Crippen molar-refractivity contribution >= 4 is 5.78 Å². The van der Waals surface area contributed by atoms with Crippen LogP contribution in [0, 0.1) is 11.6 Å². The predicted octanol–water partition coefficient (Wildman–Crippen LogP) is 4.66. The van der Waals surface area contributed by atoms with E-state index in [0.29, 0.717) is 11.5 Å². The second kappa shape index (κ2) is 5.76. The van der Waals surface area contributed by atoms with E-state index in [2.05, 4.69) is 0 Å². The first kappa shape index (κ1) is 13.9. The summed E-state index contributed by atoms with van der Waals surface area (Å²) in [7, 11) is 0. The lowest BCUT2D eigenvalue weighted by molar-refractivity contribution is 0.0988. The number of carbonyl (C=O) groups excluding carboxylic acids is 1. The Morgan fingerprint density at radius 1 is 1.00 bits per heavy atom. The van der Waals surface area contributed by atoms with Gasteiger partial charge in [0.15, 0.2) is 5.78 Å². The average molecular weight is 286 g/mol. The maximum atomic E-state index is 13.7. The fraction of sp³-hybridized carbons (Fsp3) is 0.278. The highest BCUT2D eigenvalue weighted by atomic mass is 19.1. The summed E-state index contributed by atoms with van der Waals surface area (Å²) in [6, 6.07) is 11.1. The minimum Gasteiger partial charge on any atom is -0.294 e. The molecule has 0 aliphatic heterocycles. The van der Waals surface area contributed by atoms with Crippen molar-refractivity contribution in [3.8, 4) is 0 Å². The van der Waals surface area contributed by atoms with Crippen LogP contribution in [0.2, 0.25) is 0 Å². The molecule has 0 saturated heterocycles. The van der Waals surface area contributed by atoms with E-state index < -0.39 is 11.6 Å². The summed E-state index contributed by atoms with van der Waals surface area (Å²) >= 11 is 0. The van der Waals surface area contributed by atoms with Crippen LogP contribution < -0.4 is 0 Å². The first-order valence-electron chi connectivity index (χ1n) is 7.22. The number of hydrogen-bond acceptors (Lipinski definition) is 1. The number of carbonyl (C=O) groups is 1. The smallest absolute Gasteiger partial charge is 0.167 e. The molecule has 1 saturated carbocycles. The first-order chi connectivity index (χ1) is 10.2. The third-order valence-corrected chi connectivity index (χ3v) is 4.21. The van der Waals surface area contributed by atoms with E-state index in [1.165, 1.54) is 24.6 Å². The molecule has 0 aromatic heterocycles. The molecule has 1 fully saturated rings. The van der Waals surface area contributed by atoms with Gasteiger partial charge in [-0.05, 0) is 36.5 Å². The van der Waals surface area contributed by atoms with E-state index >= 15 is 0 Å². The largest absolute Gasteiger partial charge is 0.294 e. The highest BCUT2D eigenvalue weighted by Crippen LogP contribution is 2.38. The number of benzene rings is 2. The van der Waals surface area contributed by atoms with Crippen molar-refractivity contribution in [3.63, 3.8) is 0 Å². The van der Waals surface area contributed by atoms with Crippen molar-refractivity contribution in [2.45, 2.75) is 31.6 Å². The van der Waals surface area contributed by atoms with Crippen LogP contribution in [0.25, 0.3) is 0 Å². The predicted molar refractivity (Wildman–Crippen MR) is 77.4 cm³/mol. The third kappa shape index (κ3) is 2.73. The van der Waals surface area contributed by atoms with Crippen molar-refractivity contribution in [3.05, 3.63) is 70.8 Å². The highest BCUT2D eigenvalue weighted by Gasteiger charge is 2.24. The minimum absolute atomic E-state index is 0.147. The van der Waals surface area contributed by atoms with Crippen molar-refractivity contribution < 1.29 is 13.6 Å². The molecule has 108 valence electrons. The fourth-order valence-corrected chi connectivity index (χ4v) is 2.78. The molecule has 21 heavy (non-hydrogen) atoms. The summed E-state index contributed by atoms with van der Waals surface area (Å²) in [4.78, 5) is 12.5. The maximum absolute atomic E-state index is 13.7. The first-order valence-corrected chi connectivity index (χ1v) is 7.22. The molecule has 3 rings (SSSR count). The van der Waals surface area contributed by atoms with Crippen LogP contribution in [0.15, 0.2) is 42.5 Å². The molecule has 0 heterocycles. The summed E-state index contributed by atoms with van der Waals surface area (Å²) in [5.74, 6) is -1.13. The Kier molecular flexibility index (Phi) is 3.82. The van der Waals surface area contributed by atoms with Gasteiger partial charge < -0.3 is 0 Å². The van der Waals surface area contributed by atoms with Crippen molar-refractivity contribution in [2.75, 3.05) is 0 Å². The summed E-state index contributed by atoms with van der Waals surface area (Å²) in [5.41, 5.74) is 1.47. The second-order valence-electron chi connectivity index (χ2n) is 5.52. The Hall–Kier alpha value is -2.03. The Bertz CT molecular complexity index is 654. The summed E-state index contributed by atoms with van der Waals surface area (Å²) in [6.07, 6.45) is 3.11. The fourth-order valence-electron chi connectivity index (χ4n) is 2.78. The molecule has 0 atom stereocenters. The lowest BCUT2D eigenvalue weighted by Gasteiger charge is -2.27.